The van der Waals surface area contributed by atoms with E-state index in [0.29, 0.717) is 0 Å². The molecule has 3 rings (SSSR count). The molecule has 0 fully saturated rings. The van der Waals surface area contributed by atoms with Gasteiger partial charge in [-0.3, -0.25) is 0 Å². The Kier molecular flexibility index (Phi) is 4.32. The first-order valence-corrected chi connectivity index (χ1v) is 7.70. The topological polar surface area (TPSA) is 0 Å². The number of halogens is 1. The second kappa shape index (κ2) is 6.55. The predicted molar refractivity (Wildman–Crippen MR) is 94.9 cm³/mol. The number of rotatable bonds is 3. The van der Waals surface area contributed by atoms with Gasteiger partial charge in [-0.2, -0.15) is 0 Å². The van der Waals surface area contributed by atoms with Crippen LogP contribution in [0.15, 0.2) is 83.3 Å². The maximum absolute atomic E-state index is 3.45. The normalized spacial score (nSPS) is 10.9. The van der Waals surface area contributed by atoms with Crippen LogP contribution in [0.4, 0.5) is 0 Å². The Morgan fingerprint density at radius 1 is 0.571 bits per heavy atom. The second-order valence-electron chi connectivity index (χ2n) is 4.88. The van der Waals surface area contributed by atoms with Gasteiger partial charge in [0.1, 0.15) is 0 Å². The lowest BCUT2D eigenvalue weighted by molar-refractivity contribution is 1.59. The van der Waals surface area contributed by atoms with Gasteiger partial charge in [0.2, 0.25) is 0 Å². The van der Waals surface area contributed by atoms with Crippen molar-refractivity contribution < 1.29 is 0 Å². The molecule has 0 aromatic heterocycles. The molecule has 0 heterocycles. The lowest BCUT2D eigenvalue weighted by Gasteiger charge is -2.02. The quantitative estimate of drug-likeness (QED) is 0.494. The molecule has 0 aliphatic rings. The van der Waals surface area contributed by atoms with E-state index in [2.05, 4.69) is 101 Å². The molecule has 0 unspecified atom stereocenters. The van der Waals surface area contributed by atoms with E-state index in [1.165, 1.54) is 22.3 Å². The molecule has 1 heteroatoms. The summed E-state index contributed by atoms with van der Waals surface area (Å²) in [6.07, 6.45) is 4.28. The maximum Gasteiger partial charge on any atom is 0.0175 e. The Morgan fingerprint density at radius 3 is 2.00 bits per heavy atom. The fourth-order valence-electron chi connectivity index (χ4n) is 2.22. The number of hydrogen-bond donors (Lipinski definition) is 0. The van der Waals surface area contributed by atoms with Crippen molar-refractivity contribution >= 4 is 28.1 Å². The van der Waals surface area contributed by atoms with Crippen molar-refractivity contribution in [1.29, 1.82) is 0 Å². The Labute approximate surface area is 133 Å². The molecule has 0 radical (unpaired) electrons. The molecule has 0 aliphatic carbocycles. The van der Waals surface area contributed by atoms with Crippen molar-refractivity contribution in [3.63, 3.8) is 0 Å². The van der Waals surface area contributed by atoms with Crippen LogP contribution in [-0.4, -0.2) is 0 Å². The molecule has 21 heavy (non-hydrogen) atoms. The molecule has 3 aromatic carbocycles. The van der Waals surface area contributed by atoms with Gasteiger partial charge in [-0.25, -0.2) is 0 Å². The first kappa shape index (κ1) is 13.8. The van der Waals surface area contributed by atoms with E-state index in [1.54, 1.807) is 0 Å². The Morgan fingerprint density at radius 2 is 1.24 bits per heavy atom. The first-order valence-electron chi connectivity index (χ1n) is 6.90. The minimum Gasteiger partial charge on any atom is -0.0622 e. The van der Waals surface area contributed by atoms with Gasteiger partial charge in [-0.1, -0.05) is 88.7 Å². The molecule has 102 valence electrons. The zero-order valence-corrected chi connectivity index (χ0v) is 13.1. The molecule has 0 bridgehead atoms. The third-order valence-corrected chi connectivity index (χ3v) is 3.86. The molecule has 3 aromatic rings. The molecule has 0 saturated heterocycles. The minimum atomic E-state index is 1.10. The Hall–Kier alpha value is -2.12. The van der Waals surface area contributed by atoms with Gasteiger partial charge < -0.3 is 0 Å². The van der Waals surface area contributed by atoms with E-state index in [1.807, 2.05) is 6.07 Å². The minimum absolute atomic E-state index is 1.10. The summed E-state index contributed by atoms with van der Waals surface area (Å²) in [6, 6.07) is 27.3. The number of hydrogen-bond acceptors (Lipinski definition) is 0. The van der Waals surface area contributed by atoms with Crippen molar-refractivity contribution in [3.8, 4) is 11.1 Å². The summed E-state index contributed by atoms with van der Waals surface area (Å²) in [5, 5.41) is 0. The average Bonchev–Trinajstić information content (AvgIpc) is 2.55. The molecule has 0 saturated carbocycles. The van der Waals surface area contributed by atoms with Gasteiger partial charge in [0.05, 0.1) is 0 Å². The van der Waals surface area contributed by atoms with E-state index in [0.717, 1.165) is 4.47 Å². The van der Waals surface area contributed by atoms with Crippen molar-refractivity contribution in [2.45, 2.75) is 0 Å². The molecule has 0 amide bonds. The van der Waals surface area contributed by atoms with Crippen molar-refractivity contribution in [2.24, 2.45) is 0 Å². The van der Waals surface area contributed by atoms with E-state index < -0.39 is 0 Å². The highest BCUT2D eigenvalue weighted by Gasteiger charge is 1.96. The summed E-state index contributed by atoms with van der Waals surface area (Å²) in [5.41, 5.74) is 4.90. The predicted octanol–water partition coefficient (Wildman–Crippen LogP) is 6.29. The average molecular weight is 335 g/mol. The summed E-state index contributed by atoms with van der Waals surface area (Å²) in [4.78, 5) is 0. The highest BCUT2D eigenvalue weighted by atomic mass is 79.9. The van der Waals surface area contributed by atoms with E-state index in [-0.39, 0.29) is 0 Å². The smallest absolute Gasteiger partial charge is 0.0175 e. The lowest BCUT2D eigenvalue weighted by atomic mass is 10.0. The highest BCUT2D eigenvalue weighted by molar-refractivity contribution is 9.10. The van der Waals surface area contributed by atoms with Crippen LogP contribution in [0.1, 0.15) is 11.1 Å². The van der Waals surface area contributed by atoms with Crippen LogP contribution in [0.3, 0.4) is 0 Å². The summed E-state index contributed by atoms with van der Waals surface area (Å²) in [7, 11) is 0. The van der Waals surface area contributed by atoms with Gasteiger partial charge in [-0.05, 0) is 40.5 Å². The van der Waals surface area contributed by atoms with Crippen LogP contribution >= 0.6 is 15.9 Å². The monoisotopic (exact) mass is 334 g/mol. The van der Waals surface area contributed by atoms with Crippen molar-refractivity contribution in [3.05, 3.63) is 94.5 Å². The van der Waals surface area contributed by atoms with Crippen molar-refractivity contribution in [2.75, 3.05) is 0 Å². The SMILES string of the molecule is Brc1ccc(/C=C/c2cccc(-c3ccccc3)c2)cc1. The molecular formula is C20H15Br. The number of benzene rings is 3. The largest absolute Gasteiger partial charge is 0.0622 e. The van der Waals surface area contributed by atoms with E-state index >= 15 is 0 Å². The van der Waals surface area contributed by atoms with Crippen LogP contribution in [0.2, 0.25) is 0 Å². The third kappa shape index (κ3) is 3.71. The summed E-state index contributed by atoms with van der Waals surface area (Å²) < 4.78 is 1.10. The van der Waals surface area contributed by atoms with Crippen LogP contribution in [-0.2, 0) is 0 Å². The molecule has 0 N–H and O–H groups in total. The van der Waals surface area contributed by atoms with Gasteiger partial charge in [0.25, 0.3) is 0 Å². The zero-order chi connectivity index (χ0) is 14.5. The first-order chi connectivity index (χ1) is 10.3. The van der Waals surface area contributed by atoms with Gasteiger partial charge in [0, 0.05) is 4.47 Å². The Balaban J connectivity index is 1.85. The highest BCUT2D eigenvalue weighted by Crippen LogP contribution is 2.21. The molecule has 0 nitrogen and oxygen atoms in total. The van der Waals surface area contributed by atoms with Gasteiger partial charge >= 0.3 is 0 Å². The van der Waals surface area contributed by atoms with Crippen LogP contribution in [0, 0.1) is 0 Å². The van der Waals surface area contributed by atoms with Gasteiger partial charge in [-0.15, -0.1) is 0 Å². The lowest BCUT2D eigenvalue weighted by Crippen LogP contribution is -1.79. The van der Waals surface area contributed by atoms with Crippen LogP contribution < -0.4 is 0 Å². The van der Waals surface area contributed by atoms with Gasteiger partial charge in [0.15, 0.2) is 0 Å². The molecule has 0 atom stereocenters. The fourth-order valence-corrected chi connectivity index (χ4v) is 2.48. The van der Waals surface area contributed by atoms with E-state index in [4.69, 9.17) is 0 Å². The second-order valence-corrected chi connectivity index (χ2v) is 5.79. The standard InChI is InChI=1S/C20H15Br/c21-20-13-11-16(12-14-20)9-10-17-5-4-8-19(15-17)18-6-2-1-3-7-18/h1-15H/b10-9+. The summed E-state index contributed by atoms with van der Waals surface area (Å²) in [5.74, 6) is 0. The molecule has 0 aliphatic heterocycles. The fraction of sp³-hybridized carbons (Fsp3) is 0. The Bertz CT molecular complexity index is 740. The molecule has 0 spiro atoms. The summed E-state index contributed by atoms with van der Waals surface area (Å²) >= 11 is 3.45. The van der Waals surface area contributed by atoms with Crippen LogP contribution in [0.25, 0.3) is 23.3 Å². The third-order valence-electron chi connectivity index (χ3n) is 3.33. The maximum atomic E-state index is 3.45. The summed E-state index contributed by atoms with van der Waals surface area (Å²) in [6.45, 7) is 0. The van der Waals surface area contributed by atoms with E-state index in [9.17, 15) is 0 Å². The zero-order valence-electron chi connectivity index (χ0n) is 11.5. The van der Waals surface area contributed by atoms with Crippen LogP contribution in [0.5, 0.6) is 0 Å². The van der Waals surface area contributed by atoms with Crippen molar-refractivity contribution in [1.82, 2.24) is 0 Å². The molecular weight excluding hydrogens is 320 g/mol.